The molecule has 0 N–H and O–H groups in total. The quantitative estimate of drug-likeness (QED) is 0.194. The minimum Gasteiger partial charge on any atom is -0.484 e. The number of rotatable bonds is 19. The molecule has 0 aromatic heterocycles. The zero-order valence-electron chi connectivity index (χ0n) is 22.8. The topological polar surface area (TPSA) is 29.5 Å². The second-order valence-corrected chi connectivity index (χ2v) is 10.4. The van der Waals surface area contributed by atoms with Crippen LogP contribution in [0.5, 0.6) is 5.75 Å². The van der Waals surface area contributed by atoms with Gasteiger partial charge in [0.05, 0.1) is 0 Å². The number of benzene rings is 1. The van der Waals surface area contributed by atoms with E-state index in [4.69, 9.17) is 4.74 Å². The molecule has 3 nitrogen and oxygen atoms in total. The Morgan fingerprint density at radius 3 is 1.82 bits per heavy atom. The molecule has 0 heterocycles. The first-order valence-corrected chi connectivity index (χ1v) is 13.9. The average molecular weight is 460 g/mol. The first-order valence-electron chi connectivity index (χ1n) is 13.9. The van der Waals surface area contributed by atoms with E-state index in [0.29, 0.717) is 0 Å². The Hall–Kier alpha value is -1.51. The summed E-state index contributed by atoms with van der Waals surface area (Å²) in [6.07, 6.45) is 16.1. The summed E-state index contributed by atoms with van der Waals surface area (Å²) in [4.78, 5) is 15.1. The first kappa shape index (κ1) is 29.5. The molecule has 0 radical (unpaired) electrons. The lowest BCUT2D eigenvalue weighted by atomic mass is 9.81. The number of ether oxygens (including phenoxy) is 1. The van der Waals surface area contributed by atoms with E-state index in [9.17, 15) is 4.79 Å². The van der Waals surface area contributed by atoms with E-state index in [-0.39, 0.29) is 17.9 Å². The van der Waals surface area contributed by atoms with Gasteiger partial charge in [-0.1, -0.05) is 111 Å². The van der Waals surface area contributed by atoms with Gasteiger partial charge in [0, 0.05) is 13.1 Å². The fraction of sp³-hybridized carbons (Fsp3) is 0.767. The molecule has 0 unspecified atom stereocenters. The van der Waals surface area contributed by atoms with Gasteiger partial charge in [-0.25, -0.2) is 0 Å². The number of unbranched alkanes of at least 4 members (excludes halogenated alkanes) is 10. The number of nitrogens with zero attached hydrogens (tertiary/aromatic N) is 1. The van der Waals surface area contributed by atoms with Crippen molar-refractivity contribution in [2.45, 2.75) is 130 Å². The Morgan fingerprint density at radius 1 is 0.818 bits per heavy atom. The predicted molar refractivity (Wildman–Crippen MR) is 143 cm³/mol. The van der Waals surface area contributed by atoms with Gasteiger partial charge in [-0.2, -0.15) is 0 Å². The summed E-state index contributed by atoms with van der Waals surface area (Å²) in [5.41, 5.74) is 2.60. The third-order valence-electron chi connectivity index (χ3n) is 7.11. The summed E-state index contributed by atoms with van der Waals surface area (Å²) < 4.78 is 6.01. The van der Waals surface area contributed by atoms with Crippen LogP contribution < -0.4 is 4.74 Å². The van der Waals surface area contributed by atoms with Gasteiger partial charge in [-0.3, -0.25) is 4.79 Å². The smallest absolute Gasteiger partial charge is 0.260 e. The van der Waals surface area contributed by atoms with Gasteiger partial charge in [-0.05, 0) is 48.8 Å². The highest BCUT2D eigenvalue weighted by atomic mass is 16.5. The maximum Gasteiger partial charge on any atom is 0.260 e. The van der Waals surface area contributed by atoms with Crippen LogP contribution in [-0.2, 0) is 10.2 Å². The van der Waals surface area contributed by atoms with E-state index in [1.807, 2.05) is 6.07 Å². The van der Waals surface area contributed by atoms with Gasteiger partial charge < -0.3 is 9.64 Å². The van der Waals surface area contributed by atoms with Gasteiger partial charge in [0.2, 0.25) is 0 Å². The highest BCUT2D eigenvalue weighted by Crippen LogP contribution is 2.30. The molecule has 0 atom stereocenters. The molecule has 33 heavy (non-hydrogen) atoms. The van der Waals surface area contributed by atoms with Crippen LogP contribution in [0.2, 0.25) is 0 Å². The zero-order valence-corrected chi connectivity index (χ0v) is 22.8. The van der Waals surface area contributed by atoms with E-state index in [1.165, 1.54) is 69.8 Å². The highest BCUT2D eigenvalue weighted by Gasteiger charge is 2.19. The summed E-state index contributed by atoms with van der Waals surface area (Å²) in [6.45, 7) is 15.2. The molecule has 0 fully saturated rings. The second kappa shape index (κ2) is 17.0. The van der Waals surface area contributed by atoms with E-state index in [1.54, 1.807) is 0 Å². The Morgan fingerprint density at radius 2 is 1.33 bits per heavy atom. The summed E-state index contributed by atoms with van der Waals surface area (Å²) in [5, 5.41) is 0. The van der Waals surface area contributed by atoms with Gasteiger partial charge in [-0.15, -0.1) is 0 Å². The third kappa shape index (κ3) is 12.0. The second-order valence-electron chi connectivity index (χ2n) is 10.4. The monoisotopic (exact) mass is 459 g/mol. The lowest BCUT2D eigenvalue weighted by Gasteiger charge is -2.25. The molecule has 0 aliphatic rings. The van der Waals surface area contributed by atoms with Crippen LogP contribution >= 0.6 is 0 Å². The first-order chi connectivity index (χ1) is 15.9. The van der Waals surface area contributed by atoms with E-state index >= 15 is 0 Å². The minimum absolute atomic E-state index is 0.134. The summed E-state index contributed by atoms with van der Waals surface area (Å²) in [7, 11) is 0. The molecular weight excluding hydrogens is 406 g/mol. The van der Waals surface area contributed by atoms with Crippen molar-refractivity contribution in [3.8, 4) is 5.75 Å². The zero-order chi connectivity index (χ0) is 24.5. The summed E-state index contributed by atoms with van der Waals surface area (Å²) >= 11 is 0. The number of carbonyl (C=O) groups is 1. The van der Waals surface area contributed by atoms with E-state index < -0.39 is 0 Å². The lowest BCUT2D eigenvalue weighted by molar-refractivity contribution is -0.133. The average Bonchev–Trinajstić information content (AvgIpc) is 2.80. The van der Waals surface area contributed by atoms with Crippen molar-refractivity contribution >= 4 is 5.91 Å². The van der Waals surface area contributed by atoms with Crippen molar-refractivity contribution in [3.05, 3.63) is 29.3 Å². The van der Waals surface area contributed by atoms with Crippen molar-refractivity contribution < 1.29 is 9.53 Å². The number of hydrogen-bond acceptors (Lipinski definition) is 2. The third-order valence-corrected chi connectivity index (χ3v) is 7.11. The molecule has 0 bridgehead atoms. The van der Waals surface area contributed by atoms with Gasteiger partial charge in [0.15, 0.2) is 6.61 Å². The molecule has 0 saturated heterocycles. The van der Waals surface area contributed by atoms with Crippen molar-refractivity contribution in [1.29, 1.82) is 0 Å². The molecule has 190 valence electrons. The van der Waals surface area contributed by atoms with Gasteiger partial charge in [0.1, 0.15) is 5.75 Å². The highest BCUT2D eigenvalue weighted by molar-refractivity contribution is 5.77. The molecule has 0 aliphatic carbocycles. The van der Waals surface area contributed by atoms with Crippen molar-refractivity contribution in [3.63, 3.8) is 0 Å². The Balaban J connectivity index is 2.59. The number of amides is 1. The van der Waals surface area contributed by atoms with Gasteiger partial charge in [0.25, 0.3) is 5.91 Å². The number of aryl methyl sites for hydroxylation is 1. The molecular formula is C30H53NO2. The van der Waals surface area contributed by atoms with Crippen LogP contribution in [-0.4, -0.2) is 30.5 Å². The molecule has 1 rings (SSSR count). The van der Waals surface area contributed by atoms with Crippen LogP contribution in [0.3, 0.4) is 0 Å². The maximum atomic E-state index is 13.0. The summed E-state index contributed by atoms with van der Waals surface area (Å²) in [6, 6.07) is 6.41. The van der Waals surface area contributed by atoms with Crippen LogP contribution in [0.4, 0.5) is 0 Å². The molecule has 1 aromatic rings. The molecule has 0 spiro atoms. The fourth-order valence-electron chi connectivity index (χ4n) is 4.19. The van der Waals surface area contributed by atoms with E-state index in [2.05, 4.69) is 58.6 Å². The Labute approximate surface area is 205 Å². The molecule has 3 heteroatoms. The number of hydrogen-bond donors (Lipinski definition) is 0. The minimum atomic E-state index is 0.134. The largest absolute Gasteiger partial charge is 0.484 e. The van der Waals surface area contributed by atoms with Crippen LogP contribution in [0.25, 0.3) is 0 Å². The molecule has 1 amide bonds. The lowest BCUT2D eigenvalue weighted by Crippen LogP contribution is -2.36. The van der Waals surface area contributed by atoms with Crippen LogP contribution in [0.15, 0.2) is 18.2 Å². The molecule has 1 aromatic carbocycles. The Bertz CT molecular complexity index is 637. The standard InChI is InChI=1S/C30H53NO2/c1-7-10-12-14-16-18-22-31(23-19-17-15-13-11-8-2)29(32)25-33-28-21-20-27(24-26(28)4)30(5,6)9-3/h20-21,24H,7-19,22-23,25H2,1-6H3. The normalized spacial score (nSPS) is 11.6. The fourth-order valence-corrected chi connectivity index (χ4v) is 4.19. The van der Waals surface area contributed by atoms with E-state index in [0.717, 1.165) is 43.7 Å². The van der Waals surface area contributed by atoms with Crippen LogP contribution in [0.1, 0.15) is 129 Å². The van der Waals surface area contributed by atoms with Gasteiger partial charge >= 0.3 is 0 Å². The maximum absolute atomic E-state index is 13.0. The Kier molecular flexibility index (Phi) is 15.2. The van der Waals surface area contributed by atoms with Crippen molar-refractivity contribution in [2.24, 2.45) is 0 Å². The molecule has 0 aliphatic heterocycles. The van der Waals surface area contributed by atoms with Crippen molar-refractivity contribution in [2.75, 3.05) is 19.7 Å². The number of carbonyl (C=O) groups excluding carboxylic acids is 1. The molecule has 0 saturated carbocycles. The summed E-state index contributed by atoms with van der Waals surface area (Å²) in [5.74, 6) is 0.965. The van der Waals surface area contributed by atoms with Crippen LogP contribution in [0, 0.1) is 6.92 Å². The SMILES string of the molecule is CCCCCCCCN(CCCCCCCC)C(=O)COc1ccc(C(C)(C)CC)cc1C. The van der Waals surface area contributed by atoms with Crippen molar-refractivity contribution in [1.82, 2.24) is 4.90 Å². The predicted octanol–water partition coefficient (Wildman–Crippen LogP) is 8.61.